The second kappa shape index (κ2) is 6.58. The molecule has 0 atom stereocenters. The maximum atomic E-state index is 13.7. The lowest BCUT2D eigenvalue weighted by Gasteiger charge is -2.12. The Morgan fingerprint density at radius 2 is 2.05 bits per heavy atom. The third kappa shape index (κ3) is 3.27. The Labute approximate surface area is 117 Å². The highest BCUT2D eigenvalue weighted by atomic mass is 19.1. The van der Waals surface area contributed by atoms with Gasteiger partial charge in [0.25, 0.3) is 0 Å². The quantitative estimate of drug-likeness (QED) is 0.900. The predicted molar refractivity (Wildman–Crippen MR) is 76.1 cm³/mol. The molecule has 2 rings (SSSR count). The molecule has 0 saturated heterocycles. The molecule has 0 spiro atoms. The summed E-state index contributed by atoms with van der Waals surface area (Å²) >= 11 is 0. The molecule has 0 heterocycles. The first kappa shape index (κ1) is 13.9. The van der Waals surface area contributed by atoms with E-state index in [9.17, 15) is 4.39 Å². The Morgan fingerprint density at radius 1 is 1.25 bits per heavy atom. The highest BCUT2D eigenvalue weighted by Crippen LogP contribution is 2.21. The third-order valence-corrected chi connectivity index (χ3v) is 2.84. The van der Waals surface area contributed by atoms with Crippen LogP contribution in [0.4, 0.5) is 10.1 Å². The van der Waals surface area contributed by atoms with E-state index in [4.69, 9.17) is 10.00 Å². The van der Waals surface area contributed by atoms with E-state index in [-0.39, 0.29) is 0 Å². The van der Waals surface area contributed by atoms with Gasteiger partial charge in [0.2, 0.25) is 0 Å². The number of rotatable bonds is 5. The van der Waals surface area contributed by atoms with Gasteiger partial charge in [-0.3, -0.25) is 0 Å². The van der Waals surface area contributed by atoms with E-state index in [0.717, 1.165) is 11.3 Å². The van der Waals surface area contributed by atoms with Crippen molar-refractivity contribution in [2.45, 2.75) is 13.5 Å². The minimum atomic E-state index is -0.432. The summed E-state index contributed by atoms with van der Waals surface area (Å²) in [6.45, 7) is 2.96. The second-order valence-electron chi connectivity index (χ2n) is 4.20. The molecule has 0 fully saturated rings. The fourth-order valence-corrected chi connectivity index (χ4v) is 1.86. The van der Waals surface area contributed by atoms with Crippen molar-refractivity contribution in [3.8, 4) is 11.8 Å². The van der Waals surface area contributed by atoms with Gasteiger partial charge in [-0.05, 0) is 31.2 Å². The lowest BCUT2D eigenvalue weighted by Crippen LogP contribution is -2.04. The SMILES string of the molecule is CCOc1ccccc1CNc1ccc(C#N)cc1F. The first-order valence-electron chi connectivity index (χ1n) is 6.38. The Morgan fingerprint density at radius 3 is 2.75 bits per heavy atom. The summed E-state index contributed by atoms with van der Waals surface area (Å²) < 4.78 is 19.3. The maximum Gasteiger partial charge on any atom is 0.147 e. The number of para-hydroxylation sites is 1. The number of nitriles is 1. The van der Waals surface area contributed by atoms with Gasteiger partial charge in [0.1, 0.15) is 11.6 Å². The molecule has 102 valence electrons. The first-order valence-corrected chi connectivity index (χ1v) is 6.38. The molecule has 1 N–H and O–H groups in total. The van der Waals surface area contributed by atoms with Gasteiger partial charge in [0, 0.05) is 12.1 Å². The molecule has 0 aromatic heterocycles. The van der Waals surface area contributed by atoms with Gasteiger partial charge in [0.15, 0.2) is 0 Å². The van der Waals surface area contributed by atoms with E-state index in [1.54, 1.807) is 12.1 Å². The van der Waals surface area contributed by atoms with Crippen LogP contribution in [0.5, 0.6) is 5.75 Å². The van der Waals surface area contributed by atoms with E-state index in [0.29, 0.717) is 24.4 Å². The van der Waals surface area contributed by atoms with Crippen LogP contribution in [0.3, 0.4) is 0 Å². The van der Waals surface area contributed by atoms with Crippen molar-refractivity contribution in [1.29, 1.82) is 5.26 Å². The molecule has 20 heavy (non-hydrogen) atoms. The minimum absolute atomic E-state index is 0.308. The van der Waals surface area contributed by atoms with Crippen molar-refractivity contribution in [1.82, 2.24) is 0 Å². The van der Waals surface area contributed by atoms with Crippen molar-refractivity contribution in [3.05, 3.63) is 59.4 Å². The highest BCUT2D eigenvalue weighted by molar-refractivity contribution is 5.50. The molecule has 4 heteroatoms. The fraction of sp³-hybridized carbons (Fsp3) is 0.188. The van der Waals surface area contributed by atoms with Gasteiger partial charge in [0.05, 0.1) is 23.9 Å². The van der Waals surface area contributed by atoms with E-state index < -0.39 is 5.82 Å². The summed E-state index contributed by atoms with van der Waals surface area (Å²) in [4.78, 5) is 0. The van der Waals surface area contributed by atoms with Gasteiger partial charge in [-0.15, -0.1) is 0 Å². The van der Waals surface area contributed by atoms with Crippen molar-refractivity contribution in [2.24, 2.45) is 0 Å². The molecular formula is C16H15FN2O. The van der Waals surface area contributed by atoms with Crippen LogP contribution in [0.1, 0.15) is 18.1 Å². The molecule has 2 aromatic carbocycles. The molecule has 0 saturated carbocycles. The Bertz CT molecular complexity index is 635. The van der Waals surface area contributed by atoms with Crippen molar-refractivity contribution >= 4 is 5.69 Å². The number of benzene rings is 2. The van der Waals surface area contributed by atoms with Crippen LogP contribution in [0, 0.1) is 17.1 Å². The summed E-state index contributed by atoms with van der Waals surface area (Å²) in [6, 6.07) is 13.9. The topological polar surface area (TPSA) is 45.0 Å². The number of nitrogens with zero attached hydrogens (tertiary/aromatic N) is 1. The lowest BCUT2D eigenvalue weighted by atomic mass is 10.1. The monoisotopic (exact) mass is 270 g/mol. The number of ether oxygens (including phenoxy) is 1. The molecule has 0 aliphatic carbocycles. The smallest absolute Gasteiger partial charge is 0.147 e. The fourth-order valence-electron chi connectivity index (χ4n) is 1.86. The zero-order chi connectivity index (χ0) is 14.4. The molecule has 3 nitrogen and oxygen atoms in total. The molecule has 2 aromatic rings. The van der Waals surface area contributed by atoms with E-state index >= 15 is 0 Å². The Balaban J connectivity index is 2.11. The summed E-state index contributed by atoms with van der Waals surface area (Å²) in [7, 11) is 0. The van der Waals surface area contributed by atoms with E-state index in [2.05, 4.69) is 5.32 Å². The largest absolute Gasteiger partial charge is 0.494 e. The van der Waals surface area contributed by atoms with Crippen LogP contribution in [-0.2, 0) is 6.54 Å². The van der Waals surface area contributed by atoms with Gasteiger partial charge >= 0.3 is 0 Å². The summed E-state index contributed by atoms with van der Waals surface area (Å²) in [5, 5.41) is 11.7. The standard InChI is InChI=1S/C16H15FN2O/c1-2-20-16-6-4-3-5-13(16)11-19-15-8-7-12(10-18)9-14(15)17/h3-9,19H,2,11H2,1H3. The molecule has 0 amide bonds. The van der Waals surface area contributed by atoms with Crippen molar-refractivity contribution in [2.75, 3.05) is 11.9 Å². The van der Waals surface area contributed by atoms with Crippen LogP contribution < -0.4 is 10.1 Å². The molecule has 0 radical (unpaired) electrons. The highest BCUT2D eigenvalue weighted by Gasteiger charge is 2.06. The average Bonchev–Trinajstić information content (AvgIpc) is 2.47. The third-order valence-electron chi connectivity index (χ3n) is 2.84. The van der Waals surface area contributed by atoms with Crippen LogP contribution in [-0.4, -0.2) is 6.61 Å². The van der Waals surface area contributed by atoms with E-state index in [1.807, 2.05) is 37.3 Å². The molecular weight excluding hydrogens is 255 g/mol. The van der Waals surface area contributed by atoms with Gasteiger partial charge < -0.3 is 10.1 Å². The first-order chi connectivity index (χ1) is 9.74. The summed E-state index contributed by atoms with van der Waals surface area (Å²) in [5.41, 5.74) is 1.64. The molecule has 0 aliphatic rings. The lowest BCUT2D eigenvalue weighted by molar-refractivity contribution is 0.337. The second-order valence-corrected chi connectivity index (χ2v) is 4.20. The predicted octanol–water partition coefficient (Wildman–Crippen LogP) is 3.71. The Hall–Kier alpha value is -2.54. The van der Waals surface area contributed by atoms with Crippen LogP contribution in [0.2, 0.25) is 0 Å². The number of nitrogens with one attached hydrogen (secondary N) is 1. The van der Waals surface area contributed by atoms with Crippen molar-refractivity contribution < 1.29 is 9.13 Å². The zero-order valence-corrected chi connectivity index (χ0v) is 11.2. The van der Waals surface area contributed by atoms with Gasteiger partial charge in [-0.25, -0.2) is 4.39 Å². The van der Waals surface area contributed by atoms with Crippen LogP contribution in [0.25, 0.3) is 0 Å². The normalized spacial score (nSPS) is 9.85. The van der Waals surface area contributed by atoms with Crippen LogP contribution >= 0.6 is 0 Å². The average molecular weight is 270 g/mol. The summed E-state index contributed by atoms with van der Waals surface area (Å²) in [6.07, 6.45) is 0. The number of hydrogen-bond acceptors (Lipinski definition) is 3. The summed E-state index contributed by atoms with van der Waals surface area (Å²) in [5.74, 6) is 0.356. The Kier molecular flexibility index (Phi) is 4.56. The molecule has 0 aliphatic heterocycles. The van der Waals surface area contributed by atoms with E-state index in [1.165, 1.54) is 6.07 Å². The molecule has 0 bridgehead atoms. The number of hydrogen-bond donors (Lipinski definition) is 1. The number of halogens is 1. The van der Waals surface area contributed by atoms with Gasteiger partial charge in [-0.2, -0.15) is 5.26 Å². The maximum absolute atomic E-state index is 13.7. The zero-order valence-electron chi connectivity index (χ0n) is 11.2. The number of anilines is 1. The van der Waals surface area contributed by atoms with Gasteiger partial charge in [-0.1, -0.05) is 18.2 Å². The van der Waals surface area contributed by atoms with Crippen molar-refractivity contribution in [3.63, 3.8) is 0 Å². The molecule has 0 unspecified atom stereocenters. The van der Waals surface area contributed by atoms with Crippen LogP contribution in [0.15, 0.2) is 42.5 Å². The minimum Gasteiger partial charge on any atom is -0.494 e.